The molecule has 0 bridgehead atoms. The molecule has 1 aliphatic rings. The minimum absolute atomic E-state index is 0.0640. The summed E-state index contributed by atoms with van der Waals surface area (Å²) in [5.41, 5.74) is 2.51. The zero-order chi connectivity index (χ0) is 25.0. The summed E-state index contributed by atoms with van der Waals surface area (Å²) in [4.78, 5) is 25.8. The van der Waals surface area contributed by atoms with Crippen molar-refractivity contribution in [2.24, 2.45) is 0 Å². The van der Waals surface area contributed by atoms with Crippen LogP contribution in [0, 0.1) is 5.82 Å². The number of halogens is 1. The fraction of sp³-hybridized carbons (Fsp3) is 0.286. The predicted molar refractivity (Wildman–Crippen MR) is 129 cm³/mol. The number of ether oxygens (including phenoxy) is 2. The van der Waals surface area contributed by atoms with Crippen molar-refractivity contribution in [3.8, 4) is 11.5 Å². The van der Waals surface area contributed by atoms with Gasteiger partial charge in [-0.1, -0.05) is 42.5 Å². The average Bonchev–Trinajstić information content (AvgIpc) is 3.15. The van der Waals surface area contributed by atoms with E-state index in [2.05, 4.69) is 0 Å². The molecular formula is C28H28FNO5. The number of carboxylic acids is 1. The summed E-state index contributed by atoms with van der Waals surface area (Å²) in [6.45, 7) is 1.72. The Hall–Kier alpha value is -3.87. The Bertz CT molecular complexity index is 1240. The van der Waals surface area contributed by atoms with Crippen molar-refractivity contribution in [2.75, 3.05) is 13.7 Å². The van der Waals surface area contributed by atoms with Gasteiger partial charge in [-0.3, -0.25) is 9.59 Å². The lowest BCUT2D eigenvalue weighted by molar-refractivity contribution is -0.144. The van der Waals surface area contributed by atoms with E-state index >= 15 is 0 Å². The van der Waals surface area contributed by atoms with Gasteiger partial charge in [0.05, 0.1) is 13.5 Å². The lowest BCUT2D eigenvalue weighted by Crippen LogP contribution is -2.36. The number of amides is 1. The normalized spacial score (nSPS) is 16.3. The molecule has 1 N–H and O–H groups in total. The standard InChI is InChI=1S/C28H28FNO5/c1-28(15-21-7-3-4-9-24(21)29)16-22-12-19(10-11-25(22)35-28)14-26(31)30(18-27(32)33)17-20-6-5-8-23(13-20)34-2/h3-13H,14-18H2,1-2H3,(H,32,33)/t28-/m0/s1. The first-order chi connectivity index (χ1) is 16.7. The number of benzene rings is 3. The molecule has 6 nitrogen and oxygen atoms in total. The number of carbonyl (C=O) groups is 2. The Morgan fingerprint density at radius 2 is 1.89 bits per heavy atom. The van der Waals surface area contributed by atoms with E-state index in [4.69, 9.17) is 9.47 Å². The van der Waals surface area contributed by atoms with E-state index in [0.717, 1.165) is 22.4 Å². The first kappa shape index (κ1) is 24.3. The maximum atomic E-state index is 14.2. The lowest BCUT2D eigenvalue weighted by atomic mass is 9.91. The molecule has 3 aromatic carbocycles. The highest BCUT2D eigenvalue weighted by Gasteiger charge is 2.36. The Kier molecular flexibility index (Phi) is 7.05. The van der Waals surface area contributed by atoms with Gasteiger partial charge in [0.1, 0.15) is 29.5 Å². The number of carboxylic acid groups (broad SMARTS) is 1. The van der Waals surface area contributed by atoms with Gasteiger partial charge in [0, 0.05) is 19.4 Å². The summed E-state index contributed by atoms with van der Waals surface area (Å²) < 4.78 is 25.6. The summed E-state index contributed by atoms with van der Waals surface area (Å²) in [6, 6.07) is 19.4. The minimum Gasteiger partial charge on any atom is -0.497 e. The van der Waals surface area contributed by atoms with E-state index in [1.54, 1.807) is 37.4 Å². The highest BCUT2D eigenvalue weighted by Crippen LogP contribution is 2.38. The molecule has 1 atom stereocenters. The Labute approximate surface area is 203 Å². The molecule has 4 rings (SSSR count). The second-order valence-corrected chi connectivity index (χ2v) is 9.11. The molecule has 3 aromatic rings. The molecule has 1 aliphatic heterocycles. The summed E-state index contributed by atoms with van der Waals surface area (Å²) in [7, 11) is 1.55. The zero-order valence-electron chi connectivity index (χ0n) is 19.8. The molecule has 0 aromatic heterocycles. The van der Waals surface area contributed by atoms with Gasteiger partial charge in [-0.15, -0.1) is 0 Å². The molecule has 35 heavy (non-hydrogen) atoms. The van der Waals surface area contributed by atoms with E-state index in [0.29, 0.717) is 24.2 Å². The first-order valence-corrected chi connectivity index (χ1v) is 11.4. The molecule has 0 saturated heterocycles. The maximum absolute atomic E-state index is 14.2. The van der Waals surface area contributed by atoms with Crippen LogP contribution in [-0.4, -0.2) is 41.1 Å². The van der Waals surface area contributed by atoms with E-state index in [-0.39, 0.29) is 24.7 Å². The average molecular weight is 478 g/mol. The fourth-order valence-electron chi connectivity index (χ4n) is 4.50. The molecular weight excluding hydrogens is 449 g/mol. The molecule has 0 spiro atoms. The molecule has 1 amide bonds. The van der Waals surface area contributed by atoms with Gasteiger partial charge in [-0.2, -0.15) is 0 Å². The van der Waals surface area contributed by atoms with E-state index in [1.807, 2.05) is 37.3 Å². The summed E-state index contributed by atoms with van der Waals surface area (Å²) in [5.74, 6) is -0.258. The number of fused-ring (bicyclic) bond motifs is 1. The van der Waals surface area contributed by atoms with Gasteiger partial charge in [-0.25, -0.2) is 4.39 Å². The smallest absolute Gasteiger partial charge is 0.323 e. The molecule has 0 aliphatic carbocycles. The molecule has 0 saturated carbocycles. The van der Waals surface area contributed by atoms with Crippen LogP contribution in [0.1, 0.15) is 29.2 Å². The second kappa shape index (κ2) is 10.2. The van der Waals surface area contributed by atoms with Gasteiger partial charge < -0.3 is 19.5 Å². The van der Waals surface area contributed by atoms with Crippen LogP contribution in [0.3, 0.4) is 0 Å². The quantitative estimate of drug-likeness (QED) is 0.494. The monoisotopic (exact) mass is 477 g/mol. The fourth-order valence-corrected chi connectivity index (χ4v) is 4.50. The minimum atomic E-state index is -1.08. The van der Waals surface area contributed by atoms with Crippen molar-refractivity contribution in [1.29, 1.82) is 0 Å². The number of rotatable bonds is 9. The molecule has 1 heterocycles. The molecule has 0 radical (unpaired) electrons. The van der Waals surface area contributed by atoms with Gasteiger partial charge in [0.2, 0.25) is 5.91 Å². The van der Waals surface area contributed by atoms with Crippen molar-refractivity contribution < 1.29 is 28.6 Å². The van der Waals surface area contributed by atoms with Crippen LogP contribution < -0.4 is 9.47 Å². The summed E-state index contributed by atoms with van der Waals surface area (Å²) in [6.07, 6.45) is 1.07. The lowest BCUT2D eigenvalue weighted by Gasteiger charge is -2.24. The van der Waals surface area contributed by atoms with Gasteiger partial charge >= 0.3 is 5.97 Å². The highest BCUT2D eigenvalue weighted by atomic mass is 19.1. The maximum Gasteiger partial charge on any atom is 0.323 e. The van der Waals surface area contributed by atoms with Gasteiger partial charge in [-0.05, 0) is 53.4 Å². The van der Waals surface area contributed by atoms with Crippen molar-refractivity contribution in [1.82, 2.24) is 4.90 Å². The SMILES string of the molecule is COc1cccc(CN(CC(=O)O)C(=O)Cc2ccc3c(c2)C[C@](C)(Cc2ccccc2F)O3)c1. The van der Waals surface area contributed by atoms with Crippen molar-refractivity contribution in [3.05, 3.63) is 94.8 Å². The van der Waals surface area contributed by atoms with E-state index < -0.39 is 18.1 Å². The number of hydrogen-bond donors (Lipinski definition) is 1. The third-order valence-corrected chi connectivity index (χ3v) is 6.11. The molecule has 0 unspecified atom stereocenters. The van der Waals surface area contributed by atoms with Gasteiger partial charge in [0.15, 0.2) is 0 Å². The molecule has 7 heteroatoms. The zero-order valence-corrected chi connectivity index (χ0v) is 19.8. The predicted octanol–water partition coefficient (Wildman–Crippen LogP) is 4.43. The highest BCUT2D eigenvalue weighted by molar-refractivity contribution is 5.83. The Morgan fingerprint density at radius 1 is 1.09 bits per heavy atom. The van der Waals surface area contributed by atoms with E-state index in [1.165, 1.54) is 11.0 Å². The number of carbonyl (C=O) groups excluding carboxylic acids is 1. The van der Waals surface area contributed by atoms with Crippen LogP contribution in [0.5, 0.6) is 11.5 Å². The largest absolute Gasteiger partial charge is 0.497 e. The topological polar surface area (TPSA) is 76.1 Å². The number of nitrogens with zero attached hydrogens (tertiary/aromatic N) is 1. The summed E-state index contributed by atoms with van der Waals surface area (Å²) in [5, 5.41) is 9.34. The van der Waals surface area contributed by atoms with Crippen LogP contribution in [0.4, 0.5) is 4.39 Å². The van der Waals surface area contributed by atoms with Gasteiger partial charge in [0.25, 0.3) is 0 Å². The third-order valence-electron chi connectivity index (χ3n) is 6.11. The van der Waals surface area contributed by atoms with Crippen molar-refractivity contribution in [2.45, 2.75) is 38.3 Å². The van der Waals surface area contributed by atoms with Crippen LogP contribution >= 0.6 is 0 Å². The van der Waals surface area contributed by atoms with Crippen LogP contribution in [0.2, 0.25) is 0 Å². The first-order valence-electron chi connectivity index (χ1n) is 11.4. The van der Waals surface area contributed by atoms with E-state index in [9.17, 15) is 19.1 Å². The molecule has 0 fully saturated rings. The van der Waals surface area contributed by atoms with Crippen molar-refractivity contribution >= 4 is 11.9 Å². The number of aliphatic carboxylic acids is 1. The Morgan fingerprint density at radius 3 is 2.63 bits per heavy atom. The number of hydrogen-bond acceptors (Lipinski definition) is 4. The van der Waals surface area contributed by atoms with Crippen molar-refractivity contribution in [3.63, 3.8) is 0 Å². The Balaban J connectivity index is 1.46. The third kappa shape index (κ3) is 5.98. The second-order valence-electron chi connectivity index (χ2n) is 9.11. The van der Waals surface area contributed by atoms with Crippen LogP contribution in [0.25, 0.3) is 0 Å². The molecule has 182 valence electrons. The summed E-state index contributed by atoms with van der Waals surface area (Å²) >= 11 is 0. The van der Waals surface area contributed by atoms with Crippen LogP contribution in [-0.2, 0) is 35.4 Å². The number of methoxy groups -OCH3 is 1. The van der Waals surface area contributed by atoms with Crippen LogP contribution in [0.15, 0.2) is 66.7 Å².